The van der Waals surface area contributed by atoms with Crippen molar-refractivity contribution in [3.8, 4) is 0 Å². The van der Waals surface area contributed by atoms with Crippen molar-refractivity contribution in [3.63, 3.8) is 0 Å². The van der Waals surface area contributed by atoms with Crippen molar-refractivity contribution in [2.45, 2.75) is 31.3 Å². The number of nitrogens with zero attached hydrogens (tertiary/aromatic N) is 4. The molecule has 0 saturated carbocycles. The minimum atomic E-state index is -0.522. The zero-order chi connectivity index (χ0) is 17.9. The van der Waals surface area contributed by atoms with Crippen LogP contribution in [0.25, 0.3) is 0 Å². The normalized spacial score (nSPS) is 21.2. The number of hydrogen-bond acceptors (Lipinski definition) is 5. The minimum Gasteiger partial charge on any atom is -0.339 e. The van der Waals surface area contributed by atoms with E-state index in [-0.39, 0.29) is 23.6 Å². The van der Waals surface area contributed by atoms with Crippen molar-refractivity contribution in [3.05, 3.63) is 42.2 Å². The second-order valence-corrected chi connectivity index (χ2v) is 6.71. The van der Waals surface area contributed by atoms with Gasteiger partial charge in [0.2, 0.25) is 5.91 Å². The highest BCUT2D eigenvalue weighted by Crippen LogP contribution is 2.21. The number of piperidine rings is 1. The van der Waals surface area contributed by atoms with E-state index in [0.29, 0.717) is 13.0 Å². The fourth-order valence-corrected chi connectivity index (χ4v) is 3.54. The number of hydrogen-bond donors (Lipinski definition) is 2. The molecular formula is C18H22N6O2. The first-order valence-electron chi connectivity index (χ1n) is 9.02. The second-order valence-electron chi connectivity index (χ2n) is 6.71. The van der Waals surface area contributed by atoms with E-state index in [0.717, 1.165) is 31.6 Å². The molecule has 2 aromatic rings. The predicted octanol–water partition coefficient (Wildman–Crippen LogP) is 0.738. The molecular weight excluding hydrogens is 332 g/mol. The van der Waals surface area contributed by atoms with Gasteiger partial charge in [-0.2, -0.15) is 0 Å². The SMILES string of the molecule is O=C(NC1CCN(c2ccccc2)C1=O)c1cn(C2CCNCC2)nn1. The van der Waals surface area contributed by atoms with E-state index >= 15 is 0 Å². The average molecular weight is 354 g/mol. The molecule has 0 aliphatic carbocycles. The number of para-hydroxylation sites is 1. The van der Waals surface area contributed by atoms with E-state index < -0.39 is 6.04 Å². The lowest BCUT2D eigenvalue weighted by atomic mass is 10.1. The topological polar surface area (TPSA) is 92.2 Å². The highest BCUT2D eigenvalue weighted by Gasteiger charge is 2.34. The molecule has 4 rings (SSSR count). The number of anilines is 1. The van der Waals surface area contributed by atoms with E-state index in [1.165, 1.54) is 0 Å². The van der Waals surface area contributed by atoms with Gasteiger partial charge in [0.1, 0.15) is 6.04 Å². The Hall–Kier alpha value is -2.74. The lowest BCUT2D eigenvalue weighted by Gasteiger charge is -2.22. The molecule has 2 aliphatic rings. The van der Waals surface area contributed by atoms with Gasteiger partial charge < -0.3 is 15.5 Å². The first-order chi connectivity index (χ1) is 12.7. The smallest absolute Gasteiger partial charge is 0.274 e. The summed E-state index contributed by atoms with van der Waals surface area (Å²) in [6.45, 7) is 2.48. The Morgan fingerprint density at radius 1 is 1.15 bits per heavy atom. The molecule has 1 aromatic carbocycles. The summed E-state index contributed by atoms with van der Waals surface area (Å²) in [5.41, 5.74) is 1.11. The van der Waals surface area contributed by atoms with Gasteiger partial charge in [-0.1, -0.05) is 23.4 Å². The summed E-state index contributed by atoms with van der Waals surface area (Å²) in [5, 5.41) is 14.2. The van der Waals surface area contributed by atoms with Gasteiger partial charge in [0.15, 0.2) is 5.69 Å². The lowest BCUT2D eigenvalue weighted by Crippen LogP contribution is -2.41. The molecule has 8 nitrogen and oxygen atoms in total. The molecule has 2 fully saturated rings. The van der Waals surface area contributed by atoms with Gasteiger partial charge >= 0.3 is 0 Å². The van der Waals surface area contributed by atoms with Crippen LogP contribution in [-0.4, -0.2) is 52.5 Å². The molecule has 136 valence electrons. The van der Waals surface area contributed by atoms with Crippen LogP contribution >= 0.6 is 0 Å². The molecule has 8 heteroatoms. The van der Waals surface area contributed by atoms with Gasteiger partial charge in [0, 0.05) is 12.2 Å². The molecule has 0 radical (unpaired) electrons. The van der Waals surface area contributed by atoms with E-state index in [1.54, 1.807) is 15.8 Å². The fraction of sp³-hybridized carbons (Fsp3) is 0.444. The number of nitrogens with one attached hydrogen (secondary N) is 2. The molecule has 26 heavy (non-hydrogen) atoms. The molecule has 0 spiro atoms. The Labute approximate surface area is 151 Å². The lowest BCUT2D eigenvalue weighted by molar-refractivity contribution is -0.118. The Kier molecular flexibility index (Phi) is 4.66. The van der Waals surface area contributed by atoms with Crippen LogP contribution in [0.4, 0.5) is 5.69 Å². The van der Waals surface area contributed by atoms with Crippen molar-refractivity contribution < 1.29 is 9.59 Å². The largest absolute Gasteiger partial charge is 0.339 e. The number of rotatable bonds is 4. The predicted molar refractivity (Wildman–Crippen MR) is 95.8 cm³/mol. The third kappa shape index (κ3) is 3.32. The van der Waals surface area contributed by atoms with E-state index in [1.807, 2.05) is 30.3 Å². The van der Waals surface area contributed by atoms with E-state index in [2.05, 4.69) is 20.9 Å². The summed E-state index contributed by atoms with van der Waals surface area (Å²) >= 11 is 0. The van der Waals surface area contributed by atoms with Gasteiger partial charge in [-0.25, -0.2) is 4.68 Å². The molecule has 3 heterocycles. The summed E-state index contributed by atoms with van der Waals surface area (Å²) in [6, 6.07) is 9.24. The maximum Gasteiger partial charge on any atom is 0.274 e. The van der Waals surface area contributed by atoms with Crippen molar-refractivity contribution in [1.82, 2.24) is 25.6 Å². The minimum absolute atomic E-state index is 0.0877. The molecule has 2 aliphatic heterocycles. The molecule has 1 atom stereocenters. The van der Waals surface area contributed by atoms with Crippen molar-refractivity contribution in [2.75, 3.05) is 24.5 Å². The molecule has 2 saturated heterocycles. The summed E-state index contributed by atoms with van der Waals surface area (Å²) in [4.78, 5) is 26.8. The van der Waals surface area contributed by atoms with Gasteiger partial charge in [-0.15, -0.1) is 5.10 Å². The third-order valence-corrected chi connectivity index (χ3v) is 5.00. The quantitative estimate of drug-likeness (QED) is 0.845. The van der Waals surface area contributed by atoms with Crippen LogP contribution < -0.4 is 15.5 Å². The Morgan fingerprint density at radius 3 is 2.69 bits per heavy atom. The number of benzene rings is 1. The Bertz CT molecular complexity index is 784. The van der Waals surface area contributed by atoms with Crippen LogP contribution in [0, 0.1) is 0 Å². The van der Waals surface area contributed by atoms with Crippen LogP contribution in [0.2, 0.25) is 0 Å². The number of amides is 2. The van der Waals surface area contributed by atoms with Crippen LogP contribution in [0.5, 0.6) is 0 Å². The number of carbonyl (C=O) groups excluding carboxylic acids is 2. The third-order valence-electron chi connectivity index (χ3n) is 5.00. The first-order valence-corrected chi connectivity index (χ1v) is 9.02. The zero-order valence-corrected chi connectivity index (χ0v) is 14.5. The van der Waals surface area contributed by atoms with E-state index in [9.17, 15) is 9.59 Å². The fourth-order valence-electron chi connectivity index (χ4n) is 3.54. The van der Waals surface area contributed by atoms with Crippen LogP contribution in [0.3, 0.4) is 0 Å². The molecule has 2 amide bonds. The number of aromatic nitrogens is 3. The van der Waals surface area contributed by atoms with Crippen molar-refractivity contribution >= 4 is 17.5 Å². The highest BCUT2D eigenvalue weighted by atomic mass is 16.2. The van der Waals surface area contributed by atoms with Gasteiger partial charge in [0.25, 0.3) is 5.91 Å². The average Bonchev–Trinajstić information content (AvgIpc) is 3.31. The summed E-state index contributed by atoms with van der Waals surface area (Å²) in [7, 11) is 0. The molecule has 0 bridgehead atoms. The zero-order valence-electron chi connectivity index (χ0n) is 14.5. The summed E-state index contributed by atoms with van der Waals surface area (Å²) in [5.74, 6) is -0.436. The number of carbonyl (C=O) groups is 2. The van der Waals surface area contributed by atoms with Gasteiger partial charge in [-0.05, 0) is 44.5 Å². The first kappa shape index (κ1) is 16.7. The van der Waals surface area contributed by atoms with Crippen LogP contribution in [0.15, 0.2) is 36.5 Å². The monoisotopic (exact) mass is 354 g/mol. The Morgan fingerprint density at radius 2 is 1.92 bits per heavy atom. The van der Waals surface area contributed by atoms with Crippen LogP contribution in [0.1, 0.15) is 35.8 Å². The highest BCUT2D eigenvalue weighted by molar-refractivity contribution is 6.03. The second kappa shape index (κ2) is 7.25. The van der Waals surface area contributed by atoms with E-state index in [4.69, 9.17) is 0 Å². The van der Waals surface area contributed by atoms with Crippen LogP contribution in [-0.2, 0) is 4.79 Å². The van der Waals surface area contributed by atoms with Crippen molar-refractivity contribution in [1.29, 1.82) is 0 Å². The maximum absolute atomic E-state index is 12.6. The van der Waals surface area contributed by atoms with Gasteiger partial charge in [0.05, 0.1) is 12.2 Å². The molecule has 1 aromatic heterocycles. The van der Waals surface area contributed by atoms with Gasteiger partial charge in [-0.3, -0.25) is 9.59 Å². The van der Waals surface area contributed by atoms with Crippen molar-refractivity contribution in [2.24, 2.45) is 0 Å². The summed E-state index contributed by atoms with van der Waals surface area (Å²) < 4.78 is 1.77. The summed E-state index contributed by atoms with van der Waals surface area (Å²) in [6.07, 6.45) is 4.21. The maximum atomic E-state index is 12.6. The molecule has 1 unspecified atom stereocenters. The molecule has 2 N–H and O–H groups in total. The Balaban J connectivity index is 1.39. The standard InChI is InChI=1S/C18H22N6O2/c25-17(16-12-24(22-21-16)14-6-9-19-10-7-14)20-15-8-11-23(18(15)26)13-4-2-1-3-5-13/h1-5,12,14-15,19H,6-11H2,(H,20,25).